The predicted octanol–water partition coefficient (Wildman–Crippen LogP) is 2.99. The third-order valence-electron chi connectivity index (χ3n) is 3.35. The van der Waals surface area contributed by atoms with Crippen LogP contribution in [0.5, 0.6) is 0 Å². The fourth-order valence-electron chi connectivity index (χ4n) is 2.05. The highest BCUT2D eigenvalue weighted by molar-refractivity contribution is 5.19. The lowest BCUT2D eigenvalue weighted by molar-refractivity contribution is 0.101. The zero-order valence-electron chi connectivity index (χ0n) is 11.2. The normalized spacial score (nSPS) is 13.0. The van der Waals surface area contributed by atoms with Crippen LogP contribution in [-0.2, 0) is 6.54 Å². The molecular formula is C14H20F3NO. The van der Waals surface area contributed by atoms with E-state index >= 15 is 0 Å². The number of nitrogens with one attached hydrogen (secondary N) is 1. The van der Waals surface area contributed by atoms with E-state index in [1.165, 1.54) is 0 Å². The fourth-order valence-corrected chi connectivity index (χ4v) is 2.05. The van der Waals surface area contributed by atoms with Crippen molar-refractivity contribution in [1.29, 1.82) is 0 Å². The molecule has 2 nitrogen and oxygen atoms in total. The van der Waals surface area contributed by atoms with Crippen LogP contribution in [0, 0.1) is 23.4 Å². The molecule has 0 bridgehead atoms. The van der Waals surface area contributed by atoms with Crippen LogP contribution in [-0.4, -0.2) is 17.8 Å². The smallest absolute Gasteiger partial charge is 0.161 e. The van der Waals surface area contributed by atoms with Gasteiger partial charge in [0.1, 0.15) is 5.82 Å². The Hall–Kier alpha value is -1.07. The molecule has 0 radical (unpaired) electrons. The molecule has 0 aliphatic carbocycles. The Kier molecular flexibility index (Phi) is 6.31. The number of aliphatic hydroxyl groups excluding tert-OH is 1. The molecule has 0 aromatic heterocycles. The lowest BCUT2D eigenvalue weighted by atomic mass is 9.96. The van der Waals surface area contributed by atoms with Crippen molar-refractivity contribution in [2.75, 3.05) is 6.54 Å². The maximum absolute atomic E-state index is 13.3. The molecule has 0 spiro atoms. The van der Waals surface area contributed by atoms with Gasteiger partial charge < -0.3 is 10.4 Å². The summed E-state index contributed by atoms with van der Waals surface area (Å²) in [6.45, 7) is 4.34. The van der Waals surface area contributed by atoms with Gasteiger partial charge in [0, 0.05) is 24.7 Å². The summed E-state index contributed by atoms with van der Waals surface area (Å²) in [4.78, 5) is 0. The van der Waals surface area contributed by atoms with Crippen LogP contribution in [0.1, 0.15) is 32.3 Å². The van der Waals surface area contributed by atoms with E-state index < -0.39 is 23.6 Å². The summed E-state index contributed by atoms with van der Waals surface area (Å²) in [5, 5.41) is 12.7. The van der Waals surface area contributed by atoms with Gasteiger partial charge in [0.25, 0.3) is 0 Å². The number of aliphatic hydroxyl groups is 1. The first kappa shape index (κ1) is 16.0. The van der Waals surface area contributed by atoms with Crippen LogP contribution in [0.15, 0.2) is 12.1 Å². The molecule has 108 valence electrons. The molecule has 0 heterocycles. The first-order valence-electron chi connectivity index (χ1n) is 6.51. The summed E-state index contributed by atoms with van der Waals surface area (Å²) < 4.78 is 39.0. The number of hydrogen-bond acceptors (Lipinski definition) is 2. The van der Waals surface area contributed by atoms with Crippen molar-refractivity contribution in [3.63, 3.8) is 0 Å². The summed E-state index contributed by atoms with van der Waals surface area (Å²) in [7, 11) is 0. The highest BCUT2D eigenvalue weighted by Gasteiger charge is 2.15. The van der Waals surface area contributed by atoms with Crippen molar-refractivity contribution in [2.24, 2.45) is 5.92 Å². The number of hydrogen-bond donors (Lipinski definition) is 2. The van der Waals surface area contributed by atoms with Gasteiger partial charge in [-0.05, 0) is 12.0 Å². The van der Waals surface area contributed by atoms with E-state index in [-0.39, 0.29) is 18.0 Å². The average Bonchev–Trinajstić information content (AvgIpc) is 2.37. The van der Waals surface area contributed by atoms with E-state index in [1.807, 2.05) is 13.8 Å². The summed E-state index contributed by atoms with van der Waals surface area (Å²) >= 11 is 0. The minimum Gasteiger partial charge on any atom is -0.392 e. The van der Waals surface area contributed by atoms with Gasteiger partial charge in [-0.1, -0.05) is 26.7 Å². The lowest BCUT2D eigenvalue weighted by Crippen LogP contribution is -2.32. The van der Waals surface area contributed by atoms with Crippen molar-refractivity contribution in [3.8, 4) is 0 Å². The molecule has 1 rings (SSSR count). The molecule has 1 unspecified atom stereocenters. The van der Waals surface area contributed by atoms with Crippen molar-refractivity contribution >= 4 is 0 Å². The van der Waals surface area contributed by atoms with E-state index in [1.54, 1.807) is 0 Å². The van der Waals surface area contributed by atoms with E-state index in [0.29, 0.717) is 12.6 Å². The Morgan fingerprint density at radius 1 is 1.05 bits per heavy atom. The zero-order valence-corrected chi connectivity index (χ0v) is 11.2. The highest BCUT2D eigenvalue weighted by atomic mass is 19.2. The third kappa shape index (κ3) is 4.51. The van der Waals surface area contributed by atoms with Gasteiger partial charge in [-0.3, -0.25) is 0 Å². The van der Waals surface area contributed by atoms with Crippen molar-refractivity contribution in [1.82, 2.24) is 5.32 Å². The first-order valence-corrected chi connectivity index (χ1v) is 6.51. The maximum Gasteiger partial charge on any atom is 0.161 e. The average molecular weight is 275 g/mol. The van der Waals surface area contributed by atoms with E-state index in [4.69, 9.17) is 0 Å². The molecular weight excluding hydrogens is 255 g/mol. The van der Waals surface area contributed by atoms with Gasteiger partial charge >= 0.3 is 0 Å². The maximum atomic E-state index is 13.3. The van der Waals surface area contributed by atoms with Crippen LogP contribution >= 0.6 is 0 Å². The van der Waals surface area contributed by atoms with Crippen LogP contribution in [0.2, 0.25) is 0 Å². The van der Waals surface area contributed by atoms with Gasteiger partial charge in [0.2, 0.25) is 0 Å². The molecule has 1 atom stereocenters. The monoisotopic (exact) mass is 275 g/mol. The Labute approximate surface area is 111 Å². The van der Waals surface area contributed by atoms with Gasteiger partial charge in [0.15, 0.2) is 11.6 Å². The molecule has 0 saturated carbocycles. The second-order valence-corrected chi connectivity index (χ2v) is 4.63. The Morgan fingerprint density at radius 3 is 2.21 bits per heavy atom. The minimum absolute atomic E-state index is 0.0515. The lowest BCUT2D eigenvalue weighted by Gasteiger charge is -2.20. The van der Waals surface area contributed by atoms with Gasteiger partial charge in [-0.15, -0.1) is 0 Å². The SMILES string of the molecule is CCC(CC)C(O)CNCc1cc(F)c(F)cc1F. The van der Waals surface area contributed by atoms with Gasteiger partial charge in [0.05, 0.1) is 6.10 Å². The van der Waals surface area contributed by atoms with Gasteiger partial charge in [-0.2, -0.15) is 0 Å². The third-order valence-corrected chi connectivity index (χ3v) is 3.35. The standard InChI is InChI=1S/C14H20F3NO/c1-3-9(4-2)14(19)8-18-7-10-5-12(16)13(17)6-11(10)15/h5-6,9,14,18-19H,3-4,7-8H2,1-2H3. The molecule has 5 heteroatoms. The molecule has 0 amide bonds. The summed E-state index contributed by atoms with van der Waals surface area (Å²) in [6.07, 6.45) is 1.20. The Bertz CT molecular complexity index is 408. The summed E-state index contributed by atoms with van der Waals surface area (Å²) in [5.74, 6) is -2.87. The van der Waals surface area contributed by atoms with Crippen LogP contribution < -0.4 is 5.32 Å². The number of benzene rings is 1. The number of rotatable bonds is 7. The second-order valence-electron chi connectivity index (χ2n) is 4.63. The van der Waals surface area contributed by atoms with E-state index in [0.717, 1.165) is 18.9 Å². The van der Waals surface area contributed by atoms with Crippen molar-refractivity contribution in [2.45, 2.75) is 39.3 Å². The Balaban J connectivity index is 2.51. The molecule has 1 aromatic carbocycles. The van der Waals surface area contributed by atoms with Crippen molar-refractivity contribution in [3.05, 3.63) is 35.1 Å². The molecule has 0 aliphatic rings. The van der Waals surface area contributed by atoms with Gasteiger partial charge in [-0.25, -0.2) is 13.2 Å². The zero-order chi connectivity index (χ0) is 14.4. The van der Waals surface area contributed by atoms with Crippen LogP contribution in [0.25, 0.3) is 0 Å². The van der Waals surface area contributed by atoms with Crippen LogP contribution in [0.3, 0.4) is 0 Å². The first-order chi connectivity index (χ1) is 8.99. The topological polar surface area (TPSA) is 32.3 Å². The highest BCUT2D eigenvalue weighted by Crippen LogP contribution is 2.15. The second kappa shape index (κ2) is 7.50. The summed E-state index contributed by atoms with van der Waals surface area (Å²) in [5.41, 5.74) is 0.0515. The molecule has 0 aliphatic heterocycles. The fraction of sp³-hybridized carbons (Fsp3) is 0.571. The molecule has 19 heavy (non-hydrogen) atoms. The quantitative estimate of drug-likeness (QED) is 0.750. The van der Waals surface area contributed by atoms with E-state index in [2.05, 4.69) is 5.32 Å². The summed E-state index contributed by atoms with van der Waals surface area (Å²) in [6, 6.07) is 1.37. The molecule has 2 N–H and O–H groups in total. The minimum atomic E-state index is -1.20. The molecule has 0 fully saturated rings. The van der Waals surface area contributed by atoms with Crippen LogP contribution in [0.4, 0.5) is 13.2 Å². The van der Waals surface area contributed by atoms with Crippen molar-refractivity contribution < 1.29 is 18.3 Å². The number of halogens is 3. The Morgan fingerprint density at radius 2 is 1.63 bits per heavy atom. The van der Waals surface area contributed by atoms with E-state index in [9.17, 15) is 18.3 Å². The predicted molar refractivity (Wildman–Crippen MR) is 68.1 cm³/mol. The molecule has 0 saturated heterocycles. The largest absolute Gasteiger partial charge is 0.392 e. The molecule has 1 aromatic rings.